The summed E-state index contributed by atoms with van der Waals surface area (Å²) in [6, 6.07) is 15.5. The Balaban J connectivity index is 2.11. The predicted octanol–water partition coefficient (Wildman–Crippen LogP) is 4.40. The van der Waals surface area contributed by atoms with E-state index < -0.39 is 0 Å². The molecule has 0 aliphatic rings. The highest BCUT2D eigenvalue weighted by Crippen LogP contribution is 2.20. The minimum atomic E-state index is 0.480. The molecule has 3 heteroatoms. The van der Waals surface area contributed by atoms with Gasteiger partial charge >= 0.3 is 0 Å². The van der Waals surface area contributed by atoms with Gasteiger partial charge in [-0.2, -0.15) is 0 Å². The normalized spacial score (nSPS) is 10.5. The lowest BCUT2D eigenvalue weighted by Gasteiger charge is -2.06. The van der Waals surface area contributed by atoms with Crippen molar-refractivity contribution in [2.24, 2.45) is 4.99 Å². The van der Waals surface area contributed by atoms with Crippen molar-refractivity contribution in [1.82, 2.24) is 0 Å². The van der Waals surface area contributed by atoms with Gasteiger partial charge in [0.1, 0.15) is 18.1 Å². The molecule has 0 heterocycles. The Morgan fingerprint density at radius 3 is 2.52 bits per heavy atom. The van der Waals surface area contributed by atoms with E-state index in [9.17, 15) is 0 Å². The second kappa shape index (κ2) is 7.90. The van der Waals surface area contributed by atoms with Crippen molar-refractivity contribution < 1.29 is 9.47 Å². The fraction of sp³-hybridized carbons (Fsp3) is 0.167. The number of aliphatic imine (C=N–C) groups is 1. The van der Waals surface area contributed by atoms with E-state index in [4.69, 9.17) is 9.47 Å². The summed E-state index contributed by atoms with van der Waals surface area (Å²) in [6.07, 6.45) is 3.52. The molecule has 2 aromatic rings. The van der Waals surface area contributed by atoms with E-state index in [0.717, 1.165) is 22.7 Å². The summed E-state index contributed by atoms with van der Waals surface area (Å²) in [6.45, 7) is 6.76. The van der Waals surface area contributed by atoms with Gasteiger partial charge < -0.3 is 9.47 Å². The topological polar surface area (TPSA) is 30.8 Å². The molecule has 0 saturated carbocycles. The zero-order valence-corrected chi connectivity index (χ0v) is 12.2. The second-order valence-corrected chi connectivity index (χ2v) is 4.32. The standard InChI is InChI=1S/C18H19NO2/c1-3-13-21-18-8-6-5-7-15(18)14-19-16-9-11-17(12-10-16)20-4-2/h3,5-12,14H,1,4,13H2,2H3. The van der Waals surface area contributed by atoms with Gasteiger partial charge in [-0.25, -0.2) is 0 Å². The van der Waals surface area contributed by atoms with Crippen LogP contribution in [0.2, 0.25) is 0 Å². The van der Waals surface area contributed by atoms with E-state index in [0.29, 0.717) is 13.2 Å². The van der Waals surface area contributed by atoms with Crippen molar-refractivity contribution in [3.63, 3.8) is 0 Å². The van der Waals surface area contributed by atoms with Crippen LogP contribution < -0.4 is 9.47 Å². The van der Waals surface area contributed by atoms with Gasteiger partial charge in [0.25, 0.3) is 0 Å². The number of hydrogen-bond donors (Lipinski definition) is 0. The first kappa shape index (κ1) is 14.9. The number of hydrogen-bond acceptors (Lipinski definition) is 3. The minimum Gasteiger partial charge on any atom is -0.494 e. The van der Waals surface area contributed by atoms with Crippen molar-refractivity contribution in [1.29, 1.82) is 0 Å². The maximum Gasteiger partial charge on any atom is 0.128 e. The van der Waals surface area contributed by atoms with Crippen LogP contribution in [0.4, 0.5) is 5.69 Å². The van der Waals surface area contributed by atoms with Gasteiger partial charge in [-0.3, -0.25) is 4.99 Å². The molecular formula is C18H19NO2. The summed E-state index contributed by atoms with van der Waals surface area (Å²) in [5.41, 5.74) is 1.81. The monoisotopic (exact) mass is 281 g/mol. The van der Waals surface area contributed by atoms with E-state index in [1.165, 1.54) is 0 Å². The van der Waals surface area contributed by atoms with Crippen LogP contribution in [0.5, 0.6) is 11.5 Å². The highest BCUT2D eigenvalue weighted by molar-refractivity contribution is 5.85. The first-order chi connectivity index (χ1) is 10.3. The summed E-state index contributed by atoms with van der Waals surface area (Å²) in [4.78, 5) is 4.46. The van der Waals surface area contributed by atoms with Gasteiger partial charge in [-0.05, 0) is 43.3 Å². The third kappa shape index (κ3) is 4.49. The maximum atomic E-state index is 5.60. The Morgan fingerprint density at radius 1 is 1.05 bits per heavy atom. The Kier molecular flexibility index (Phi) is 5.59. The Labute approximate surface area is 125 Å². The lowest BCUT2D eigenvalue weighted by molar-refractivity contribution is 0.340. The molecule has 0 amide bonds. The Hall–Kier alpha value is -2.55. The summed E-state index contributed by atoms with van der Waals surface area (Å²) >= 11 is 0. The molecule has 3 nitrogen and oxygen atoms in total. The van der Waals surface area contributed by atoms with Gasteiger partial charge in [0.05, 0.1) is 12.3 Å². The quantitative estimate of drug-likeness (QED) is 0.556. The zero-order chi connectivity index (χ0) is 14.9. The molecule has 0 bridgehead atoms. The molecular weight excluding hydrogens is 262 g/mol. The summed E-state index contributed by atoms with van der Waals surface area (Å²) < 4.78 is 11.0. The summed E-state index contributed by atoms with van der Waals surface area (Å²) in [7, 11) is 0. The maximum absolute atomic E-state index is 5.60. The van der Waals surface area contributed by atoms with Gasteiger partial charge in [-0.1, -0.05) is 24.8 Å². The molecule has 0 unspecified atom stereocenters. The van der Waals surface area contributed by atoms with Gasteiger partial charge in [0, 0.05) is 11.8 Å². The van der Waals surface area contributed by atoms with Crippen molar-refractivity contribution in [2.45, 2.75) is 6.92 Å². The molecule has 0 N–H and O–H groups in total. The van der Waals surface area contributed by atoms with E-state index >= 15 is 0 Å². The van der Waals surface area contributed by atoms with Crippen LogP contribution in [0.3, 0.4) is 0 Å². The van der Waals surface area contributed by atoms with Crippen molar-refractivity contribution in [3.05, 3.63) is 66.7 Å². The van der Waals surface area contributed by atoms with Crippen LogP contribution in [0.15, 0.2) is 66.2 Å². The lowest BCUT2D eigenvalue weighted by atomic mass is 10.2. The minimum absolute atomic E-state index is 0.480. The molecule has 21 heavy (non-hydrogen) atoms. The highest BCUT2D eigenvalue weighted by atomic mass is 16.5. The first-order valence-electron chi connectivity index (χ1n) is 6.93. The van der Waals surface area contributed by atoms with Gasteiger partial charge in [-0.15, -0.1) is 0 Å². The smallest absolute Gasteiger partial charge is 0.128 e. The van der Waals surface area contributed by atoms with E-state index in [2.05, 4.69) is 11.6 Å². The SMILES string of the molecule is C=CCOc1ccccc1C=Nc1ccc(OCC)cc1. The van der Waals surface area contributed by atoms with Crippen molar-refractivity contribution in [3.8, 4) is 11.5 Å². The number of benzene rings is 2. The number of rotatable bonds is 7. The van der Waals surface area contributed by atoms with Gasteiger partial charge in [0.15, 0.2) is 0 Å². The molecule has 0 aliphatic heterocycles. The highest BCUT2D eigenvalue weighted by Gasteiger charge is 1.99. The van der Waals surface area contributed by atoms with Crippen LogP contribution in [-0.2, 0) is 0 Å². The van der Waals surface area contributed by atoms with Crippen LogP contribution in [0, 0.1) is 0 Å². The molecule has 2 rings (SSSR count). The third-order valence-electron chi connectivity index (χ3n) is 2.78. The zero-order valence-electron chi connectivity index (χ0n) is 12.2. The molecule has 108 valence electrons. The largest absolute Gasteiger partial charge is 0.494 e. The average Bonchev–Trinajstić information content (AvgIpc) is 2.53. The lowest BCUT2D eigenvalue weighted by Crippen LogP contribution is -1.96. The Bertz CT molecular complexity index is 603. The second-order valence-electron chi connectivity index (χ2n) is 4.32. The fourth-order valence-electron chi connectivity index (χ4n) is 1.81. The van der Waals surface area contributed by atoms with E-state index in [1.807, 2.05) is 55.5 Å². The average molecular weight is 281 g/mol. The first-order valence-corrected chi connectivity index (χ1v) is 6.93. The number of nitrogens with zero attached hydrogens (tertiary/aromatic N) is 1. The van der Waals surface area contributed by atoms with E-state index in [-0.39, 0.29) is 0 Å². The summed E-state index contributed by atoms with van der Waals surface area (Å²) in [5.74, 6) is 1.65. The van der Waals surface area contributed by atoms with Crippen LogP contribution in [0.1, 0.15) is 12.5 Å². The molecule has 0 saturated heterocycles. The van der Waals surface area contributed by atoms with Crippen molar-refractivity contribution in [2.75, 3.05) is 13.2 Å². The fourth-order valence-corrected chi connectivity index (χ4v) is 1.81. The molecule has 0 radical (unpaired) electrons. The molecule has 0 atom stereocenters. The summed E-state index contributed by atoms with van der Waals surface area (Å²) in [5, 5.41) is 0. The third-order valence-corrected chi connectivity index (χ3v) is 2.78. The molecule has 0 aliphatic carbocycles. The molecule has 2 aromatic carbocycles. The van der Waals surface area contributed by atoms with Gasteiger partial charge in [0.2, 0.25) is 0 Å². The molecule has 0 aromatic heterocycles. The van der Waals surface area contributed by atoms with Crippen molar-refractivity contribution >= 4 is 11.9 Å². The number of ether oxygens (including phenoxy) is 2. The molecule has 0 fully saturated rings. The number of para-hydroxylation sites is 1. The van der Waals surface area contributed by atoms with Crippen LogP contribution in [0.25, 0.3) is 0 Å². The van der Waals surface area contributed by atoms with Crippen LogP contribution in [-0.4, -0.2) is 19.4 Å². The van der Waals surface area contributed by atoms with E-state index in [1.54, 1.807) is 12.3 Å². The Morgan fingerprint density at radius 2 is 1.81 bits per heavy atom. The predicted molar refractivity (Wildman–Crippen MR) is 87.0 cm³/mol. The molecule has 0 spiro atoms. The van der Waals surface area contributed by atoms with Crippen LogP contribution >= 0.6 is 0 Å².